The fourth-order valence-corrected chi connectivity index (χ4v) is 2.25. The molecule has 92 valence electrons. The summed E-state index contributed by atoms with van der Waals surface area (Å²) in [5.41, 5.74) is 0. The molecule has 0 radical (unpaired) electrons. The molecule has 3 nitrogen and oxygen atoms in total. The number of rotatable bonds is 3. The quantitative estimate of drug-likeness (QED) is 0.869. The van der Waals surface area contributed by atoms with Gasteiger partial charge in [0.2, 0.25) is 0 Å². The molecule has 3 heteroatoms. The lowest BCUT2D eigenvalue weighted by Crippen LogP contribution is -2.32. The first kappa shape index (κ1) is 12.0. The first-order chi connectivity index (χ1) is 8.34. The van der Waals surface area contributed by atoms with Gasteiger partial charge in [-0.25, -0.2) is 4.79 Å². The normalized spacial score (nSPS) is 16.5. The third-order valence-electron chi connectivity index (χ3n) is 3.21. The molecule has 0 spiro atoms. The van der Waals surface area contributed by atoms with Crippen molar-refractivity contribution in [2.45, 2.75) is 32.1 Å². The van der Waals surface area contributed by atoms with Crippen molar-refractivity contribution in [3.8, 4) is 5.75 Å². The van der Waals surface area contributed by atoms with Crippen LogP contribution in [0.2, 0.25) is 0 Å². The number of hydrogen-bond acceptors (Lipinski definition) is 2. The monoisotopic (exact) mass is 233 g/mol. The lowest BCUT2D eigenvalue weighted by atomic mass is 9.89. The van der Waals surface area contributed by atoms with Crippen molar-refractivity contribution in [1.29, 1.82) is 0 Å². The van der Waals surface area contributed by atoms with Crippen molar-refractivity contribution in [1.82, 2.24) is 5.32 Å². The van der Waals surface area contributed by atoms with Gasteiger partial charge in [0.1, 0.15) is 5.75 Å². The first-order valence-electron chi connectivity index (χ1n) is 6.35. The van der Waals surface area contributed by atoms with Crippen LogP contribution in [-0.4, -0.2) is 12.6 Å². The van der Waals surface area contributed by atoms with E-state index in [-0.39, 0.29) is 6.09 Å². The maximum atomic E-state index is 11.5. The molecule has 0 bridgehead atoms. The van der Waals surface area contributed by atoms with E-state index in [2.05, 4.69) is 5.32 Å². The molecule has 1 aromatic carbocycles. The van der Waals surface area contributed by atoms with Crippen molar-refractivity contribution in [2.75, 3.05) is 6.54 Å². The molecule has 0 aromatic heterocycles. The molecule has 0 aliphatic heterocycles. The van der Waals surface area contributed by atoms with Crippen LogP contribution in [0.5, 0.6) is 5.75 Å². The van der Waals surface area contributed by atoms with Crippen LogP contribution in [0.25, 0.3) is 0 Å². The summed E-state index contributed by atoms with van der Waals surface area (Å²) in [5.74, 6) is 1.22. The number of ether oxygens (including phenoxy) is 1. The summed E-state index contributed by atoms with van der Waals surface area (Å²) >= 11 is 0. The number of para-hydroxylation sites is 1. The molecular formula is C14H19NO2. The number of amides is 1. The summed E-state index contributed by atoms with van der Waals surface area (Å²) in [6.45, 7) is 0.742. The predicted octanol–water partition coefficient (Wildman–Crippen LogP) is 3.36. The zero-order valence-electron chi connectivity index (χ0n) is 10.0. The van der Waals surface area contributed by atoms with Gasteiger partial charge in [-0.2, -0.15) is 0 Å². The SMILES string of the molecule is O=C(NCC1CCCCC1)Oc1ccccc1. The van der Waals surface area contributed by atoms with Gasteiger partial charge in [0.15, 0.2) is 0 Å². The van der Waals surface area contributed by atoms with Crippen LogP contribution in [0.3, 0.4) is 0 Å². The summed E-state index contributed by atoms with van der Waals surface area (Å²) in [7, 11) is 0. The summed E-state index contributed by atoms with van der Waals surface area (Å²) < 4.78 is 5.16. The highest BCUT2D eigenvalue weighted by Gasteiger charge is 2.14. The highest BCUT2D eigenvalue weighted by atomic mass is 16.5. The second-order valence-electron chi connectivity index (χ2n) is 4.59. The van der Waals surface area contributed by atoms with E-state index in [1.807, 2.05) is 18.2 Å². The highest BCUT2D eigenvalue weighted by Crippen LogP contribution is 2.22. The fourth-order valence-electron chi connectivity index (χ4n) is 2.25. The molecule has 0 unspecified atom stereocenters. The molecule has 1 aliphatic carbocycles. The molecule has 1 amide bonds. The second-order valence-corrected chi connectivity index (χ2v) is 4.59. The van der Waals surface area contributed by atoms with Crippen molar-refractivity contribution in [2.24, 2.45) is 5.92 Å². The zero-order valence-corrected chi connectivity index (χ0v) is 10.0. The number of carbonyl (C=O) groups excluding carboxylic acids is 1. The first-order valence-corrected chi connectivity index (χ1v) is 6.35. The van der Waals surface area contributed by atoms with Gasteiger partial charge in [-0.05, 0) is 30.9 Å². The van der Waals surface area contributed by atoms with Gasteiger partial charge >= 0.3 is 6.09 Å². The van der Waals surface area contributed by atoms with Crippen LogP contribution in [0.4, 0.5) is 4.79 Å². The Hall–Kier alpha value is -1.51. The van der Waals surface area contributed by atoms with Gasteiger partial charge in [-0.3, -0.25) is 0 Å². The Morgan fingerprint density at radius 3 is 2.59 bits per heavy atom. The molecule has 0 heterocycles. The molecule has 2 rings (SSSR count). The third kappa shape index (κ3) is 4.10. The maximum absolute atomic E-state index is 11.5. The molecule has 1 saturated carbocycles. The van der Waals surface area contributed by atoms with Crippen LogP contribution in [0, 0.1) is 5.92 Å². The summed E-state index contributed by atoms with van der Waals surface area (Å²) in [6.07, 6.45) is 6.03. The van der Waals surface area contributed by atoms with E-state index >= 15 is 0 Å². The molecule has 1 fully saturated rings. The Balaban J connectivity index is 1.70. The lowest BCUT2D eigenvalue weighted by Gasteiger charge is -2.21. The summed E-state index contributed by atoms with van der Waals surface area (Å²) in [6, 6.07) is 9.15. The zero-order chi connectivity index (χ0) is 11.9. The van der Waals surface area contributed by atoms with Crippen LogP contribution < -0.4 is 10.1 Å². The number of hydrogen-bond donors (Lipinski definition) is 1. The highest BCUT2D eigenvalue weighted by molar-refractivity contribution is 5.70. The van der Waals surface area contributed by atoms with Crippen molar-refractivity contribution in [3.05, 3.63) is 30.3 Å². The van der Waals surface area contributed by atoms with Crippen molar-refractivity contribution in [3.63, 3.8) is 0 Å². The van der Waals surface area contributed by atoms with Gasteiger partial charge in [0.05, 0.1) is 0 Å². The second kappa shape index (κ2) is 6.28. The number of nitrogens with one attached hydrogen (secondary N) is 1. The molecule has 1 aromatic rings. The minimum Gasteiger partial charge on any atom is -0.410 e. The van der Waals surface area contributed by atoms with Gasteiger partial charge < -0.3 is 10.1 Å². The minimum absolute atomic E-state index is 0.346. The largest absolute Gasteiger partial charge is 0.412 e. The number of benzene rings is 1. The molecule has 1 aliphatic rings. The van der Waals surface area contributed by atoms with Gasteiger partial charge in [0, 0.05) is 6.54 Å². The van der Waals surface area contributed by atoms with Gasteiger partial charge in [-0.1, -0.05) is 37.5 Å². The summed E-state index contributed by atoms with van der Waals surface area (Å²) in [4.78, 5) is 11.5. The fraction of sp³-hybridized carbons (Fsp3) is 0.500. The number of carbonyl (C=O) groups is 1. The van der Waals surface area contributed by atoms with E-state index in [1.54, 1.807) is 12.1 Å². The van der Waals surface area contributed by atoms with Crippen LogP contribution >= 0.6 is 0 Å². The van der Waals surface area contributed by atoms with Crippen molar-refractivity contribution >= 4 is 6.09 Å². The Morgan fingerprint density at radius 1 is 1.18 bits per heavy atom. The standard InChI is InChI=1S/C14H19NO2/c16-14(17-13-9-5-2-6-10-13)15-11-12-7-3-1-4-8-12/h2,5-6,9-10,12H,1,3-4,7-8,11H2,(H,15,16). The van der Waals surface area contributed by atoms with E-state index in [4.69, 9.17) is 4.74 Å². The third-order valence-corrected chi connectivity index (χ3v) is 3.21. The molecule has 0 saturated heterocycles. The van der Waals surface area contributed by atoms with E-state index in [0.29, 0.717) is 11.7 Å². The maximum Gasteiger partial charge on any atom is 0.412 e. The van der Waals surface area contributed by atoms with Gasteiger partial charge in [0.25, 0.3) is 0 Å². The Kier molecular flexibility index (Phi) is 4.42. The molecular weight excluding hydrogens is 214 g/mol. The molecule has 1 N–H and O–H groups in total. The molecule has 17 heavy (non-hydrogen) atoms. The Bertz CT molecular complexity index is 344. The van der Waals surface area contributed by atoms with Crippen molar-refractivity contribution < 1.29 is 9.53 Å². The van der Waals surface area contributed by atoms with E-state index in [1.165, 1.54) is 32.1 Å². The van der Waals surface area contributed by atoms with E-state index in [9.17, 15) is 4.79 Å². The average Bonchev–Trinajstić information content (AvgIpc) is 2.39. The molecule has 0 atom stereocenters. The average molecular weight is 233 g/mol. The lowest BCUT2D eigenvalue weighted by molar-refractivity contribution is 0.196. The van der Waals surface area contributed by atoms with Crippen LogP contribution in [-0.2, 0) is 0 Å². The van der Waals surface area contributed by atoms with E-state index < -0.39 is 0 Å². The van der Waals surface area contributed by atoms with E-state index in [0.717, 1.165) is 6.54 Å². The van der Waals surface area contributed by atoms with Gasteiger partial charge in [-0.15, -0.1) is 0 Å². The smallest absolute Gasteiger partial charge is 0.410 e. The topological polar surface area (TPSA) is 38.3 Å². The van der Waals surface area contributed by atoms with Crippen LogP contribution in [0.15, 0.2) is 30.3 Å². The predicted molar refractivity (Wildman–Crippen MR) is 67.0 cm³/mol. The van der Waals surface area contributed by atoms with Crippen LogP contribution in [0.1, 0.15) is 32.1 Å². The minimum atomic E-state index is -0.346. The Labute approximate surface area is 102 Å². The summed E-state index contributed by atoms with van der Waals surface area (Å²) in [5, 5.41) is 2.84. The Morgan fingerprint density at radius 2 is 1.88 bits per heavy atom.